The maximum Gasteiger partial charge on any atom is 0.205 e. The topological polar surface area (TPSA) is 47.0 Å². The summed E-state index contributed by atoms with van der Waals surface area (Å²) in [6, 6.07) is 8.36. The van der Waals surface area contributed by atoms with Crippen LogP contribution in [0.3, 0.4) is 0 Å². The number of hydrogen-bond donors (Lipinski definition) is 1. The van der Waals surface area contributed by atoms with E-state index in [0.29, 0.717) is 0 Å². The van der Waals surface area contributed by atoms with E-state index in [1.807, 2.05) is 25.1 Å². The van der Waals surface area contributed by atoms with Crippen LogP contribution in [0.1, 0.15) is 17.5 Å². The molecule has 0 saturated heterocycles. The minimum absolute atomic E-state index is 0.286. The molecule has 0 aliphatic heterocycles. The van der Waals surface area contributed by atoms with Gasteiger partial charge in [-0.05, 0) is 31.9 Å². The Morgan fingerprint density at radius 1 is 1.33 bits per heavy atom. The summed E-state index contributed by atoms with van der Waals surface area (Å²) in [5.41, 5.74) is 1.20. The predicted octanol–water partition coefficient (Wildman–Crippen LogP) is 2.90. The molecule has 0 aliphatic carbocycles. The number of benzene rings is 1. The molecule has 1 atom stereocenters. The number of nitrogens with zero attached hydrogens (tertiary/aromatic N) is 2. The van der Waals surface area contributed by atoms with E-state index in [1.165, 1.54) is 5.56 Å². The quantitative estimate of drug-likeness (QED) is 0.901. The van der Waals surface area contributed by atoms with Crippen LogP contribution in [0.4, 0.5) is 5.13 Å². The number of aryl methyl sites for hydroxylation is 1. The van der Waals surface area contributed by atoms with E-state index in [9.17, 15) is 0 Å². The molecule has 18 heavy (non-hydrogen) atoms. The largest absolute Gasteiger partial charge is 0.496 e. The molecule has 0 saturated carbocycles. The van der Waals surface area contributed by atoms with E-state index >= 15 is 0 Å². The minimum atomic E-state index is 0.286. The second kappa shape index (κ2) is 5.82. The van der Waals surface area contributed by atoms with Crippen molar-refractivity contribution in [2.24, 2.45) is 0 Å². The zero-order valence-electron chi connectivity index (χ0n) is 10.8. The van der Waals surface area contributed by atoms with Gasteiger partial charge in [-0.25, -0.2) is 0 Å². The van der Waals surface area contributed by atoms with E-state index in [-0.39, 0.29) is 6.04 Å². The fourth-order valence-corrected chi connectivity index (χ4v) is 2.52. The zero-order valence-corrected chi connectivity index (χ0v) is 11.6. The Morgan fingerprint density at radius 3 is 2.78 bits per heavy atom. The fourth-order valence-electron chi connectivity index (χ4n) is 1.82. The standard InChI is InChI=1S/C13H17N3OS/c1-9(14-13-16-15-10(2)18-13)8-11-6-4-5-7-12(11)17-3/h4-7,9H,8H2,1-3H3,(H,14,16). The lowest BCUT2D eigenvalue weighted by Gasteiger charge is -2.14. The molecule has 1 aromatic heterocycles. The Balaban J connectivity index is 2.00. The molecule has 1 unspecified atom stereocenters. The highest BCUT2D eigenvalue weighted by Gasteiger charge is 2.09. The van der Waals surface area contributed by atoms with Crippen molar-refractivity contribution in [2.45, 2.75) is 26.3 Å². The summed E-state index contributed by atoms with van der Waals surface area (Å²) in [6.45, 7) is 4.08. The van der Waals surface area contributed by atoms with Crippen molar-refractivity contribution in [1.82, 2.24) is 10.2 Å². The Kier molecular flexibility index (Phi) is 4.15. The number of anilines is 1. The van der Waals surface area contributed by atoms with Crippen molar-refractivity contribution in [1.29, 1.82) is 0 Å². The van der Waals surface area contributed by atoms with Gasteiger partial charge in [0.2, 0.25) is 5.13 Å². The molecule has 0 spiro atoms. The number of para-hydroxylation sites is 1. The van der Waals surface area contributed by atoms with Gasteiger partial charge in [0, 0.05) is 6.04 Å². The van der Waals surface area contributed by atoms with Gasteiger partial charge in [-0.3, -0.25) is 0 Å². The van der Waals surface area contributed by atoms with E-state index in [2.05, 4.69) is 28.5 Å². The third-order valence-electron chi connectivity index (χ3n) is 2.61. The van der Waals surface area contributed by atoms with E-state index in [4.69, 9.17) is 4.74 Å². The van der Waals surface area contributed by atoms with Crippen LogP contribution in [-0.2, 0) is 6.42 Å². The second-order valence-corrected chi connectivity index (χ2v) is 5.37. The summed E-state index contributed by atoms with van der Waals surface area (Å²) in [4.78, 5) is 0. The van der Waals surface area contributed by atoms with Gasteiger partial charge >= 0.3 is 0 Å². The summed E-state index contributed by atoms with van der Waals surface area (Å²) >= 11 is 1.57. The third kappa shape index (κ3) is 3.20. The normalized spacial score (nSPS) is 12.2. The highest BCUT2D eigenvalue weighted by atomic mass is 32.1. The molecule has 1 aromatic carbocycles. The Morgan fingerprint density at radius 2 is 2.11 bits per heavy atom. The van der Waals surface area contributed by atoms with Crippen LogP contribution < -0.4 is 10.1 Å². The summed E-state index contributed by atoms with van der Waals surface area (Å²) in [5, 5.41) is 13.3. The van der Waals surface area contributed by atoms with Crippen LogP contribution in [0.2, 0.25) is 0 Å². The number of hydrogen-bond acceptors (Lipinski definition) is 5. The van der Waals surface area contributed by atoms with Gasteiger partial charge in [-0.15, -0.1) is 10.2 Å². The summed E-state index contributed by atoms with van der Waals surface area (Å²) in [5.74, 6) is 0.930. The minimum Gasteiger partial charge on any atom is -0.496 e. The lowest BCUT2D eigenvalue weighted by molar-refractivity contribution is 0.409. The molecular weight excluding hydrogens is 246 g/mol. The van der Waals surface area contributed by atoms with Crippen LogP contribution in [0, 0.1) is 6.92 Å². The monoisotopic (exact) mass is 263 g/mol. The number of aromatic nitrogens is 2. The van der Waals surface area contributed by atoms with Crippen LogP contribution in [0.25, 0.3) is 0 Å². The molecular formula is C13H17N3OS. The second-order valence-electron chi connectivity index (χ2n) is 4.19. The van der Waals surface area contributed by atoms with Crippen molar-refractivity contribution in [3.8, 4) is 5.75 Å². The number of rotatable bonds is 5. The zero-order chi connectivity index (χ0) is 13.0. The molecule has 1 heterocycles. The van der Waals surface area contributed by atoms with Gasteiger partial charge in [-0.1, -0.05) is 29.5 Å². The molecule has 2 aromatic rings. The van der Waals surface area contributed by atoms with E-state index in [1.54, 1.807) is 18.4 Å². The lowest BCUT2D eigenvalue weighted by atomic mass is 10.1. The van der Waals surface area contributed by atoms with Gasteiger partial charge in [-0.2, -0.15) is 0 Å². The van der Waals surface area contributed by atoms with Crippen molar-refractivity contribution in [3.63, 3.8) is 0 Å². The summed E-state index contributed by atoms with van der Waals surface area (Å²) in [7, 11) is 1.70. The molecule has 0 aliphatic rings. The third-order valence-corrected chi connectivity index (χ3v) is 3.38. The van der Waals surface area contributed by atoms with Crippen LogP contribution in [0.15, 0.2) is 24.3 Å². The number of ether oxygens (including phenoxy) is 1. The molecule has 5 heteroatoms. The molecule has 96 valence electrons. The first-order valence-electron chi connectivity index (χ1n) is 5.87. The first-order valence-corrected chi connectivity index (χ1v) is 6.69. The van der Waals surface area contributed by atoms with Crippen molar-refractivity contribution in [3.05, 3.63) is 34.8 Å². The average molecular weight is 263 g/mol. The van der Waals surface area contributed by atoms with Crippen LogP contribution in [-0.4, -0.2) is 23.3 Å². The smallest absolute Gasteiger partial charge is 0.205 e. The van der Waals surface area contributed by atoms with Gasteiger partial charge in [0.25, 0.3) is 0 Å². The molecule has 0 bridgehead atoms. The first-order chi connectivity index (χ1) is 8.69. The van der Waals surface area contributed by atoms with Gasteiger partial charge in [0.1, 0.15) is 10.8 Å². The SMILES string of the molecule is COc1ccccc1CC(C)Nc1nnc(C)s1. The van der Waals surface area contributed by atoms with Crippen LogP contribution in [0.5, 0.6) is 5.75 Å². The van der Waals surface area contributed by atoms with Crippen LogP contribution >= 0.6 is 11.3 Å². The van der Waals surface area contributed by atoms with E-state index < -0.39 is 0 Å². The summed E-state index contributed by atoms with van der Waals surface area (Å²) < 4.78 is 5.35. The van der Waals surface area contributed by atoms with Crippen molar-refractivity contribution >= 4 is 16.5 Å². The molecule has 0 fully saturated rings. The Bertz CT molecular complexity index is 512. The number of nitrogens with one attached hydrogen (secondary N) is 1. The van der Waals surface area contributed by atoms with E-state index in [0.717, 1.165) is 22.3 Å². The van der Waals surface area contributed by atoms with Crippen molar-refractivity contribution < 1.29 is 4.74 Å². The lowest BCUT2D eigenvalue weighted by Crippen LogP contribution is -2.18. The highest BCUT2D eigenvalue weighted by Crippen LogP contribution is 2.21. The fraction of sp³-hybridized carbons (Fsp3) is 0.385. The Labute approximate surface area is 111 Å². The molecule has 4 nitrogen and oxygen atoms in total. The molecule has 2 rings (SSSR count). The van der Waals surface area contributed by atoms with Gasteiger partial charge < -0.3 is 10.1 Å². The Hall–Kier alpha value is -1.62. The maximum absolute atomic E-state index is 5.35. The maximum atomic E-state index is 5.35. The predicted molar refractivity (Wildman–Crippen MR) is 74.4 cm³/mol. The number of methoxy groups -OCH3 is 1. The molecule has 1 N–H and O–H groups in total. The molecule has 0 amide bonds. The molecule has 0 radical (unpaired) electrons. The van der Waals surface area contributed by atoms with Gasteiger partial charge in [0.15, 0.2) is 0 Å². The van der Waals surface area contributed by atoms with Crippen molar-refractivity contribution in [2.75, 3.05) is 12.4 Å². The summed E-state index contributed by atoms with van der Waals surface area (Å²) in [6.07, 6.45) is 0.892. The average Bonchev–Trinajstić information content (AvgIpc) is 2.75. The highest BCUT2D eigenvalue weighted by molar-refractivity contribution is 7.15. The van der Waals surface area contributed by atoms with Gasteiger partial charge in [0.05, 0.1) is 7.11 Å². The first kappa shape index (κ1) is 12.8.